The molecule has 1 fully saturated rings. The average molecular weight is 485 g/mol. The maximum Gasteiger partial charge on any atom is 0.243 e. The summed E-state index contributed by atoms with van der Waals surface area (Å²) in [6, 6.07) is 15.3. The van der Waals surface area contributed by atoms with Crippen molar-refractivity contribution < 1.29 is 19.1 Å². The number of ether oxygens (including phenoxy) is 2. The van der Waals surface area contributed by atoms with Gasteiger partial charge >= 0.3 is 0 Å². The highest BCUT2D eigenvalue weighted by Crippen LogP contribution is 2.22. The van der Waals surface area contributed by atoms with Crippen LogP contribution >= 0.6 is 11.8 Å². The highest BCUT2D eigenvalue weighted by Gasteiger charge is 2.30. The van der Waals surface area contributed by atoms with E-state index in [0.29, 0.717) is 24.5 Å². The van der Waals surface area contributed by atoms with Crippen LogP contribution in [-0.2, 0) is 21.9 Å². The zero-order valence-corrected chi connectivity index (χ0v) is 21.2. The van der Waals surface area contributed by atoms with Crippen LogP contribution in [0.3, 0.4) is 0 Å². The maximum atomic E-state index is 13.4. The van der Waals surface area contributed by atoms with E-state index < -0.39 is 6.04 Å². The normalized spacial score (nSPS) is 14.4. The molecular formula is C27H36N2O4S. The fourth-order valence-electron chi connectivity index (χ4n) is 4.32. The Balaban J connectivity index is 1.70. The Hall–Kier alpha value is -2.67. The zero-order chi connectivity index (χ0) is 24.3. The molecule has 1 saturated carbocycles. The summed E-state index contributed by atoms with van der Waals surface area (Å²) < 4.78 is 10.6. The molecule has 1 aliphatic carbocycles. The van der Waals surface area contributed by atoms with E-state index in [1.165, 1.54) is 0 Å². The molecule has 0 bridgehead atoms. The van der Waals surface area contributed by atoms with E-state index in [2.05, 4.69) is 5.32 Å². The van der Waals surface area contributed by atoms with Gasteiger partial charge in [0.1, 0.15) is 17.5 Å². The summed E-state index contributed by atoms with van der Waals surface area (Å²) in [7, 11) is 3.27. The number of hydrogen-bond donors (Lipinski definition) is 1. The van der Waals surface area contributed by atoms with Crippen molar-refractivity contribution in [2.24, 2.45) is 0 Å². The van der Waals surface area contributed by atoms with Gasteiger partial charge < -0.3 is 19.7 Å². The van der Waals surface area contributed by atoms with Crippen molar-refractivity contribution in [3.63, 3.8) is 0 Å². The number of thioether (sulfide) groups is 1. The first kappa shape index (κ1) is 25.9. The first-order valence-electron chi connectivity index (χ1n) is 12.0. The third kappa shape index (κ3) is 7.42. The molecule has 1 atom stereocenters. The number of carbonyl (C=O) groups is 2. The fraction of sp³-hybridized carbons (Fsp3) is 0.481. The topological polar surface area (TPSA) is 67.9 Å². The van der Waals surface area contributed by atoms with Crippen molar-refractivity contribution in [1.29, 1.82) is 0 Å². The summed E-state index contributed by atoms with van der Waals surface area (Å²) >= 11 is 1.56. The molecular weight excluding hydrogens is 448 g/mol. The van der Waals surface area contributed by atoms with Gasteiger partial charge in [0.25, 0.3) is 0 Å². The Bertz CT molecular complexity index is 928. The van der Waals surface area contributed by atoms with Crippen molar-refractivity contribution in [3.8, 4) is 11.5 Å². The van der Waals surface area contributed by atoms with Crippen molar-refractivity contribution in [1.82, 2.24) is 10.2 Å². The number of carbonyl (C=O) groups excluding carboxylic acids is 2. The number of rotatable bonds is 12. The van der Waals surface area contributed by atoms with Gasteiger partial charge in [-0.2, -0.15) is 0 Å². The third-order valence-corrected chi connectivity index (χ3v) is 7.22. The van der Waals surface area contributed by atoms with Gasteiger partial charge in [-0.3, -0.25) is 9.59 Å². The molecule has 0 radical (unpaired) electrons. The van der Waals surface area contributed by atoms with Crippen LogP contribution in [0.2, 0.25) is 0 Å². The van der Waals surface area contributed by atoms with Gasteiger partial charge in [-0.25, -0.2) is 0 Å². The predicted molar refractivity (Wildman–Crippen MR) is 137 cm³/mol. The van der Waals surface area contributed by atoms with Gasteiger partial charge in [0.2, 0.25) is 11.8 Å². The predicted octanol–water partition coefficient (Wildman–Crippen LogP) is 4.80. The zero-order valence-electron chi connectivity index (χ0n) is 20.4. The number of benzene rings is 2. The lowest BCUT2D eigenvalue weighted by Crippen LogP contribution is -2.51. The van der Waals surface area contributed by atoms with Gasteiger partial charge in [-0.1, -0.05) is 44.0 Å². The minimum absolute atomic E-state index is 0.0326. The Morgan fingerprint density at radius 3 is 2.38 bits per heavy atom. The molecule has 0 aliphatic heterocycles. The van der Waals surface area contributed by atoms with Crippen molar-refractivity contribution in [2.45, 2.75) is 63.4 Å². The first-order valence-corrected chi connectivity index (χ1v) is 13.1. The van der Waals surface area contributed by atoms with E-state index in [4.69, 9.17) is 9.47 Å². The van der Waals surface area contributed by atoms with Crippen LogP contribution in [-0.4, -0.2) is 48.8 Å². The smallest absolute Gasteiger partial charge is 0.243 e. The highest BCUT2D eigenvalue weighted by molar-refractivity contribution is 7.99. The number of hydrogen-bond acceptors (Lipinski definition) is 5. The van der Waals surface area contributed by atoms with E-state index in [1.807, 2.05) is 55.5 Å². The second-order valence-corrected chi connectivity index (χ2v) is 9.61. The number of amides is 2. The summed E-state index contributed by atoms with van der Waals surface area (Å²) in [4.78, 5) is 28.3. The molecule has 0 heterocycles. The molecule has 0 spiro atoms. The SMILES string of the molecule is CCC(C(=O)NC1CCCC1)N(Cc1cccc(OC)c1)C(=O)CSCc1ccc(OC)cc1. The van der Waals surface area contributed by atoms with Crippen molar-refractivity contribution in [2.75, 3.05) is 20.0 Å². The highest BCUT2D eigenvalue weighted by atomic mass is 32.2. The maximum absolute atomic E-state index is 13.4. The molecule has 3 rings (SSSR count). The van der Waals surface area contributed by atoms with E-state index >= 15 is 0 Å². The van der Waals surface area contributed by atoms with E-state index in [1.54, 1.807) is 30.9 Å². The van der Waals surface area contributed by atoms with Crippen LogP contribution in [0.5, 0.6) is 11.5 Å². The minimum atomic E-state index is -0.499. The van der Waals surface area contributed by atoms with Crippen LogP contribution in [0.4, 0.5) is 0 Å². The van der Waals surface area contributed by atoms with Crippen LogP contribution in [0.1, 0.15) is 50.2 Å². The molecule has 1 unspecified atom stereocenters. The molecule has 7 heteroatoms. The molecule has 1 N–H and O–H groups in total. The van der Waals surface area contributed by atoms with E-state index in [9.17, 15) is 9.59 Å². The molecule has 0 aromatic heterocycles. The van der Waals surface area contributed by atoms with Crippen molar-refractivity contribution in [3.05, 3.63) is 59.7 Å². The molecule has 2 aromatic carbocycles. The van der Waals surface area contributed by atoms with Crippen LogP contribution in [0, 0.1) is 0 Å². The molecule has 1 aliphatic rings. The lowest BCUT2D eigenvalue weighted by Gasteiger charge is -2.31. The number of nitrogens with zero attached hydrogens (tertiary/aromatic N) is 1. The second kappa shape index (κ2) is 13.3. The summed E-state index contributed by atoms with van der Waals surface area (Å²) in [6.45, 7) is 2.34. The Morgan fingerprint density at radius 2 is 1.74 bits per heavy atom. The summed E-state index contributed by atoms with van der Waals surface area (Å²) in [5, 5.41) is 3.19. The largest absolute Gasteiger partial charge is 0.497 e. The molecule has 2 amide bonds. The van der Waals surface area contributed by atoms with Gasteiger partial charge in [-0.15, -0.1) is 11.8 Å². The third-order valence-electron chi connectivity index (χ3n) is 6.23. The molecule has 184 valence electrons. The standard InChI is InChI=1S/C27H36N2O4S/c1-4-25(27(31)28-22-9-5-6-10-22)29(17-21-8-7-11-24(16-21)33-3)26(30)19-34-18-20-12-14-23(32-2)15-13-20/h7-8,11-16,22,25H,4-6,9-10,17-19H2,1-3H3,(H,28,31). The summed E-state index contributed by atoms with van der Waals surface area (Å²) in [5.74, 6) is 2.49. The summed E-state index contributed by atoms with van der Waals surface area (Å²) in [6.07, 6.45) is 4.90. The Labute approximate surface area is 207 Å². The second-order valence-electron chi connectivity index (χ2n) is 8.63. The van der Waals surface area contributed by atoms with Crippen LogP contribution in [0.15, 0.2) is 48.5 Å². The van der Waals surface area contributed by atoms with Crippen LogP contribution < -0.4 is 14.8 Å². The monoisotopic (exact) mass is 484 g/mol. The lowest BCUT2D eigenvalue weighted by molar-refractivity contribution is -0.139. The molecule has 0 saturated heterocycles. The van der Waals surface area contributed by atoms with Gasteiger partial charge in [-0.05, 0) is 54.7 Å². The number of methoxy groups -OCH3 is 2. The van der Waals surface area contributed by atoms with Gasteiger partial charge in [0.15, 0.2) is 0 Å². The van der Waals surface area contributed by atoms with Crippen molar-refractivity contribution >= 4 is 23.6 Å². The van der Waals surface area contributed by atoms with Crippen LogP contribution in [0.25, 0.3) is 0 Å². The number of nitrogens with one attached hydrogen (secondary N) is 1. The Morgan fingerprint density at radius 1 is 1.03 bits per heavy atom. The van der Waals surface area contributed by atoms with Gasteiger partial charge in [0, 0.05) is 18.3 Å². The average Bonchev–Trinajstić information content (AvgIpc) is 3.37. The summed E-state index contributed by atoms with van der Waals surface area (Å²) in [5.41, 5.74) is 2.07. The molecule has 2 aromatic rings. The van der Waals surface area contributed by atoms with E-state index in [-0.39, 0.29) is 17.9 Å². The Kier molecular flexibility index (Phi) is 10.1. The molecule has 34 heavy (non-hydrogen) atoms. The first-order chi connectivity index (χ1) is 16.5. The molecule has 6 nitrogen and oxygen atoms in total. The van der Waals surface area contributed by atoms with E-state index in [0.717, 1.165) is 48.3 Å². The lowest BCUT2D eigenvalue weighted by atomic mass is 10.1. The quantitative estimate of drug-likeness (QED) is 0.469. The fourth-order valence-corrected chi connectivity index (χ4v) is 5.19. The minimum Gasteiger partial charge on any atom is -0.497 e. The van der Waals surface area contributed by atoms with Gasteiger partial charge in [0.05, 0.1) is 20.0 Å².